The topological polar surface area (TPSA) is 76.1 Å². The van der Waals surface area contributed by atoms with Crippen LogP contribution in [0.2, 0.25) is 5.02 Å². The lowest BCUT2D eigenvalue weighted by atomic mass is 10.1. The standard InChI is InChI=1S/C21H18ClNO5S2/c1-12(20(25)26)23-19(24)18(30-21(23)29)10-14-5-8-16(17(9-14)27-2)28-11-13-3-6-15(22)7-4-13/h3-10,12H,11H2,1-2H3,(H,25,26)/b18-10-/t12-/m1/s1. The average molecular weight is 464 g/mol. The Hall–Kier alpha value is -2.55. The predicted molar refractivity (Wildman–Crippen MR) is 121 cm³/mol. The fourth-order valence-corrected chi connectivity index (χ4v) is 4.25. The third-order valence-electron chi connectivity index (χ3n) is 4.36. The number of halogens is 1. The Kier molecular flexibility index (Phi) is 7.02. The van der Waals surface area contributed by atoms with Crippen molar-refractivity contribution >= 4 is 57.9 Å². The number of nitrogens with zero attached hydrogens (tertiary/aromatic N) is 1. The number of carbonyl (C=O) groups excluding carboxylic acids is 1. The SMILES string of the molecule is COc1cc(/C=C2\SC(=S)N([C@H](C)C(=O)O)C2=O)ccc1OCc1ccc(Cl)cc1. The minimum Gasteiger partial charge on any atom is -0.493 e. The lowest BCUT2D eigenvalue weighted by Crippen LogP contribution is -2.41. The van der Waals surface area contributed by atoms with Gasteiger partial charge >= 0.3 is 5.97 Å². The van der Waals surface area contributed by atoms with E-state index >= 15 is 0 Å². The molecule has 0 saturated carbocycles. The molecule has 1 fully saturated rings. The highest BCUT2D eigenvalue weighted by atomic mass is 35.5. The van der Waals surface area contributed by atoms with Gasteiger partial charge in [-0.15, -0.1) is 0 Å². The van der Waals surface area contributed by atoms with Gasteiger partial charge in [-0.1, -0.05) is 53.8 Å². The number of thioether (sulfide) groups is 1. The van der Waals surface area contributed by atoms with Crippen LogP contribution in [0.25, 0.3) is 6.08 Å². The molecule has 1 amide bonds. The van der Waals surface area contributed by atoms with Crippen LogP contribution in [0.3, 0.4) is 0 Å². The van der Waals surface area contributed by atoms with Crippen molar-refractivity contribution in [2.75, 3.05) is 7.11 Å². The molecule has 1 aliphatic heterocycles. The second-order valence-electron chi connectivity index (χ2n) is 6.39. The number of aliphatic carboxylic acids is 1. The normalized spacial score (nSPS) is 16.1. The number of hydrogen-bond donors (Lipinski definition) is 1. The van der Waals surface area contributed by atoms with Crippen molar-refractivity contribution in [3.05, 3.63) is 63.5 Å². The van der Waals surface area contributed by atoms with Gasteiger partial charge in [0.2, 0.25) is 0 Å². The summed E-state index contributed by atoms with van der Waals surface area (Å²) in [6, 6.07) is 11.6. The van der Waals surface area contributed by atoms with Crippen LogP contribution < -0.4 is 9.47 Å². The number of carboxylic acid groups (broad SMARTS) is 1. The predicted octanol–water partition coefficient (Wildman–Crippen LogP) is 4.60. The van der Waals surface area contributed by atoms with E-state index in [1.54, 1.807) is 36.4 Å². The van der Waals surface area contributed by atoms with E-state index in [2.05, 4.69) is 0 Å². The van der Waals surface area contributed by atoms with Crippen molar-refractivity contribution < 1.29 is 24.2 Å². The monoisotopic (exact) mass is 463 g/mol. The molecular formula is C21H18ClNO5S2. The van der Waals surface area contributed by atoms with Crippen molar-refractivity contribution in [2.45, 2.75) is 19.6 Å². The Morgan fingerprint density at radius 1 is 1.27 bits per heavy atom. The molecule has 0 spiro atoms. The molecule has 2 aromatic rings. The van der Waals surface area contributed by atoms with Crippen LogP contribution in [-0.2, 0) is 16.2 Å². The molecule has 9 heteroatoms. The summed E-state index contributed by atoms with van der Waals surface area (Å²) in [4.78, 5) is 25.3. The second kappa shape index (κ2) is 9.51. The first-order valence-electron chi connectivity index (χ1n) is 8.85. The highest BCUT2D eigenvalue weighted by Crippen LogP contribution is 2.36. The van der Waals surface area contributed by atoms with Crippen LogP contribution in [0.4, 0.5) is 0 Å². The van der Waals surface area contributed by atoms with E-state index in [0.717, 1.165) is 22.2 Å². The van der Waals surface area contributed by atoms with E-state index in [9.17, 15) is 14.7 Å². The highest BCUT2D eigenvalue weighted by Gasteiger charge is 2.38. The number of benzene rings is 2. The first-order valence-corrected chi connectivity index (χ1v) is 10.5. The summed E-state index contributed by atoms with van der Waals surface area (Å²) in [5, 5.41) is 9.84. The number of hydrogen-bond acceptors (Lipinski definition) is 6. The van der Waals surface area contributed by atoms with E-state index < -0.39 is 17.9 Å². The zero-order chi connectivity index (χ0) is 21.8. The molecule has 0 bridgehead atoms. The zero-order valence-electron chi connectivity index (χ0n) is 16.1. The van der Waals surface area contributed by atoms with Crippen molar-refractivity contribution in [1.29, 1.82) is 0 Å². The molecule has 0 unspecified atom stereocenters. The van der Waals surface area contributed by atoms with E-state index in [-0.39, 0.29) is 4.32 Å². The first-order chi connectivity index (χ1) is 14.3. The molecule has 6 nitrogen and oxygen atoms in total. The summed E-state index contributed by atoms with van der Waals surface area (Å²) in [5.74, 6) is -0.484. The molecule has 1 atom stereocenters. The Balaban J connectivity index is 1.77. The molecular weight excluding hydrogens is 446 g/mol. The largest absolute Gasteiger partial charge is 0.493 e. The minimum absolute atomic E-state index is 0.219. The average Bonchev–Trinajstić information content (AvgIpc) is 3.00. The van der Waals surface area contributed by atoms with Gasteiger partial charge in [-0.25, -0.2) is 4.79 Å². The third kappa shape index (κ3) is 4.95. The maximum atomic E-state index is 12.6. The van der Waals surface area contributed by atoms with Crippen LogP contribution in [0.1, 0.15) is 18.1 Å². The van der Waals surface area contributed by atoms with E-state index in [0.29, 0.717) is 33.6 Å². The Labute approximate surface area is 188 Å². The number of thiocarbonyl (C=S) groups is 1. The molecule has 0 aliphatic carbocycles. The molecule has 1 saturated heterocycles. The summed E-state index contributed by atoms with van der Waals surface area (Å²) in [6.07, 6.45) is 1.65. The lowest BCUT2D eigenvalue weighted by Gasteiger charge is -2.18. The smallest absolute Gasteiger partial charge is 0.326 e. The van der Waals surface area contributed by atoms with Crippen LogP contribution in [0, 0.1) is 0 Å². The van der Waals surface area contributed by atoms with Gasteiger partial charge in [-0.2, -0.15) is 0 Å². The third-order valence-corrected chi connectivity index (χ3v) is 5.94. The van der Waals surface area contributed by atoms with E-state index in [1.807, 2.05) is 12.1 Å². The number of ether oxygens (including phenoxy) is 2. The molecule has 1 N–H and O–H groups in total. The quantitative estimate of drug-likeness (QED) is 0.475. The van der Waals surface area contributed by atoms with Crippen molar-refractivity contribution in [3.63, 3.8) is 0 Å². The van der Waals surface area contributed by atoms with Crippen LogP contribution in [0.5, 0.6) is 11.5 Å². The fraction of sp³-hybridized carbons (Fsp3) is 0.190. The summed E-state index contributed by atoms with van der Waals surface area (Å²) < 4.78 is 11.5. The molecule has 1 heterocycles. The number of methoxy groups -OCH3 is 1. The molecule has 0 radical (unpaired) electrons. The Bertz CT molecular complexity index is 1020. The van der Waals surface area contributed by atoms with Crippen molar-refractivity contribution in [2.24, 2.45) is 0 Å². The second-order valence-corrected chi connectivity index (χ2v) is 8.50. The van der Waals surface area contributed by atoms with Crippen molar-refractivity contribution in [1.82, 2.24) is 4.90 Å². The lowest BCUT2D eigenvalue weighted by molar-refractivity contribution is -0.144. The van der Waals surface area contributed by atoms with Gasteiger partial charge in [0.25, 0.3) is 5.91 Å². The maximum Gasteiger partial charge on any atom is 0.326 e. The molecule has 1 aliphatic rings. The van der Waals surface area contributed by atoms with Crippen LogP contribution in [-0.4, -0.2) is 39.4 Å². The summed E-state index contributed by atoms with van der Waals surface area (Å²) in [6.45, 7) is 1.77. The maximum absolute atomic E-state index is 12.6. The van der Waals surface area contributed by atoms with Gasteiger partial charge in [-0.05, 0) is 48.4 Å². The molecule has 156 valence electrons. The van der Waals surface area contributed by atoms with Crippen molar-refractivity contribution in [3.8, 4) is 11.5 Å². The van der Waals surface area contributed by atoms with Gasteiger partial charge in [0.1, 0.15) is 17.0 Å². The van der Waals surface area contributed by atoms with Gasteiger partial charge in [-0.3, -0.25) is 9.69 Å². The fourth-order valence-electron chi connectivity index (χ4n) is 2.71. The first kappa shape index (κ1) is 22.1. The molecule has 3 rings (SSSR count). The summed E-state index contributed by atoms with van der Waals surface area (Å²) >= 11 is 12.1. The van der Waals surface area contributed by atoms with E-state index in [1.165, 1.54) is 14.0 Å². The molecule has 2 aromatic carbocycles. The number of amides is 1. The van der Waals surface area contributed by atoms with E-state index in [4.69, 9.17) is 33.3 Å². The number of carbonyl (C=O) groups is 2. The van der Waals surface area contributed by atoms with Gasteiger partial charge in [0.15, 0.2) is 11.5 Å². The Morgan fingerprint density at radius 2 is 1.97 bits per heavy atom. The summed E-state index contributed by atoms with van der Waals surface area (Å²) in [5.41, 5.74) is 1.66. The number of rotatable bonds is 7. The Morgan fingerprint density at radius 3 is 2.60 bits per heavy atom. The highest BCUT2D eigenvalue weighted by molar-refractivity contribution is 8.26. The zero-order valence-corrected chi connectivity index (χ0v) is 18.5. The molecule has 0 aromatic heterocycles. The van der Waals surface area contributed by atoms with Gasteiger partial charge in [0, 0.05) is 5.02 Å². The van der Waals surface area contributed by atoms with Gasteiger partial charge < -0.3 is 14.6 Å². The molecule has 30 heavy (non-hydrogen) atoms. The van der Waals surface area contributed by atoms with Crippen LogP contribution >= 0.6 is 35.6 Å². The minimum atomic E-state index is -1.11. The van der Waals surface area contributed by atoms with Crippen LogP contribution in [0.15, 0.2) is 47.4 Å². The van der Waals surface area contributed by atoms with Gasteiger partial charge in [0.05, 0.1) is 12.0 Å². The number of carboxylic acids is 1. The summed E-state index contributed by atoms with van der Waals surface area (Å²) in [7, 11) is 1.53.